The molecule has 2 aromatic carbocycles. The maximum absolute atomic E-state index is 15.2. The van der Waals surface area contributed by atoms with E-state index in [9.17, 15) is 8.78 Å². The van der Waals surface area contributed by atoms with Gasteiger partial charge < -0.3 is 28.3 Å². The van der Waals surface area contributed by atoms with Crippen molar-refractivity contribution in [2.45, 2.75) is 108 Å². The predicted molar refractivity (Wildman–Crippen MR) is 212 cm³/mol. The van der Waals surface area contributed by atoms with E-state index in [0.717, 1.165) is 32.1 Å². The number of ether oxygens (including phenoxy) is 4. The summed E-state index contributed by atoms with van der Waals surface area (Å²) in [6.45, 7) is 14.3. The van der Waals surface area contributed by atoms with Crippen LogP contribution in [0.1, 0.15) is 77.8 Å². The molecule has 0 N–H and O–H groups in total. The van der Waals surface area contributed by atoms with Crippen molar-refractivity contribution >= 4 is 36.1 Å². The number of likely N-dealkylation sites (tertiary alicyclic amines) is 1. The lowest BCUT2D eigenvalue weighted by molar-refractivity contribution is 0.0136. The third-order valence-corrected chi connectivity index (χ3v) is 16.5. The molecule has 56 heavy (non-hydrogen) atoms. The Morgan fingerprint density at radius 1 is 1.05 bits per heavy atom. The molecule has 2 saturated heterocycles. The first kappa shape index (κ1) is 40.1. The van der Waals surface area contributed by atoms with Gasteiger partial charge in [0.25, 0.3) is 5.92 Å². The molecule has 2 aromatic heterocycles. The highest BCUT2D eigenvalue weighted by molar-refractivity contribution is 6.74. The van der Waals surface area contributed by atoms with Crippen molar-refractivity contribution in [2.24, 2.45) is 0 Å². The fourth-order valence-corrected chi connectivity index (χ4v) is 9.55. The van der Waals surface area contributed by atoms with E-state index in [2.05, 4.69) is 51.6 Å². The lowest BCUT2D eigenvalue weighted by atomic mass is 9.92. The molecule has 0 amide bonds. The molecule has 4 heterocycles. The molecule has 1 aliphatic carbocycles. The molecule has 7 rings (SSSR count). The van der Waals surface area contributed by atoms with Gasteiger partial charge in [-0.1, -0.05) is 32.8 Å². The third kappa shape index (κ3) is 7.90. The van der Waals surface area contributed by atoms with Crippen LogP contribution in [0.25, 0.3) is 21.9 Å². The van der Waals surface area contributed by atoms with Crippen LogP contribution in [0.5, 0.6) is 23.5 Å². The molecule has 2 aliphatic heterocycles. The molecular formula is C41H53F3N6O5Si-. The van der Waals surface area contributed by atoms with Crippen LogP contribution in [0.15, 0.2) is 24.3 Å². The number of methoxy groups -OCH3 is 1. The number of imidazole rings is 1. The second kappa shape index (κ2) is 15.0. The summed E-state index contributed by atoms with van der Waals surface area (Å²) in [5.74, 6) is 0.429. The van der Waals surface area contributed by atoms with E-state index in [1.54, 1.807) is 30.1 Å². The molecule has 0 bridgehead atoms. The molecule has 0 radical (unpaired) electrons. The minimum Gasteiger partial charge on any atom is -0.559 e. The van der Waals surface area contributed by atoms with Gasteiger partial charge in [0.05, 0.1) is 12.1 Å². The number of halogens is 3. The summed E-state index contributed by atoms with van der Waals surface area (Å²) in [4.78, 5) is 18.6. The van der Waals surface area contributed by atoms with Crippen molar-refractivity contribution in [1.82, 2.24) is 24.4 Å². The Morgan fingerprint density at radius 2 is 1.82 bits per heavy atom. The largest absolute Gasteiger partial charge is 0.559 e. The number of nitrogens with zero attached hydrogens (tertiary/aromatic N) is 6. The molecule has 15 heteroatoms. The van der Waals surface area contributed by atoms with Crippen molar-refractivity contribution in [3.05, 3.63) is 35.6 Å². The second-order valence-electron chi connectivity index (χ2n) is 17.4. The molecule has 2 atom stereocenters. The van der Waals surface area contributed by atoms with E-state index in [1.165, 1.54) is 13.2 Å². The highest BCUT2D eigenvalue weighted by atomic mass is 28.4. The first-order valence-electron chi connectivity index (χ1n) is 19.4. The molecular weight excluding hydrogens is 742 g/mol. The molecule has 4 aromatic rings. The topological polar surface area (TPSA) is 96.2 Å². The van der Waals surface area contributed by atoms with Gasteiger partial charge in [0.2, 0.25) is 0 Å². The van der Waals surface area contributed by atoms with Gasteiger partial charge in [-0.05, 0) is 71.9 Å². The van der Waals surface area contributed by atoms with Gasteiger partial charge in [-0.3, -0.25) is 9.47 Å². The zero-order valence-electron chi connectivity index (χ0n) is 33.7. The molecule has 303 valence electrons. The standard InChI is InChI=1S/C41H53F3N6O5Si/c1-10-30-31(42)16-15-26-19-29(53-25-51-7)20-32(33(26)30)54-38-46-35-34(50(38)27-13-11-14-27)36(47-37(45-35)52-22-28-21-41(43,44)24-48(28)6)49-18-12-17-40(5,23-49)55-56(8,9)39(2,3)4/h1,15-16,19-20,27-28H,11-14,17-18,21-25H2,2-9H3/q-1/t28-,40+/m0/s1. The van der Waals surface area contributed by atoms with E-state index in [-0.39, 0.29) is 60.8 Å². The Balaban J connectivity index is 1.36. The fourth-order valence-electron chi connectivity index (χ4n) is 7.85. The summed E-state index contributed by atoms with van der Waals surface area (Å²) in [6.07, 6.45) is 10.0. The first-order valence-corrected chi connectivity index (χ1v) is 22.3. The Kier molecular flexibility index (Phi) is 10.7. The number of likely N-dealkylation sites (N-methyl/N-ethyl adjacent to an activating group) is 1. The third-order valence-electron chi connectivity index (χ3n) is 11.9. The highest BCUT2D eigenvalue weighted by Crippen LogP contribution is 2.46. The summed E-state index contributed by atoms with van der Waals surface area (Å²) in [7, 11) is 1.02. The number of aromatic nitrogens is 4. The summed E-state index contributed by atoms with van der Waals surface area (Å²) in [6, 6.07) is 6.11. The Labute approximate surface area is 327 Å². The second-order valence-corrected chi connectivity index (χ2v) is 22.1. The van der Waals surface area contributed by atoms with Gasteiger partial charge in [0.15, 0.2) is 18.3 Å². The molecule has 0 unspecified atom stereocenters. The minimum atomic E-state index is -2.80. The predicted octanol–water partition coefficient (Wildman–Crippen LogP) is 8.70. The number of hydrogen-bond donors (Lipinski definition) is 0. The molecule has 3 aliphatic rings. The normalized spacial score (nSPS) is 22.0. The van der Waals surface area contributed by atoms with Crippen LogP contribution in [0.2, 0.25) is 18.1 Å². The van der Waals surface area contributed by atoms with Crippen molar-refractivity contribution in [2.75, 3.05) is 52.1 Å². The van der Waals surface area contributed by atoms with E-state index in [4.69, 9.17) is 44.7 Å². The number of terminal acetylenes is 1. The Bertz CT molecular complexity index is 2150. The number of rotatable bonds is 12. The molecule has 11 nitrogen and oxygen atoms in total. The van der Waals surface area contributed by atoms with Crippen LogP contribution >= 0.6 is 0 Å². The number of hydrogen-bond acceptors (Lipinski definition) is 10. The average molecular weight is 795 g/mol. The van der Waals surface area contributed by atoms with Crippen molar-refractivity contribution in [1.29, 1.82) is 0 Å². The van der Waals surface area contributed by atoms with Gasteiger partial charge in [0, 0.05) is 55.8 Å². The molecule has 3 fully saturated rings. The summed E-state index contributed by atoms with van der Waals surface area (Å²) < 4.78 is 76.9. The van der Waals surface area contributed by atoms with Crippen LogP contribution in [-0.4, -0.2) is 97.5 Å². The number of fused-ring (bicyclic) bond motifs is 2. The lowest BCUT2D eigenvalue weighted by Gasteiger charge is -2.56. The summed E-state index contributed by atoms with van der Waals surface area (Å²) in [5, 5.41) is 1.02. The molecule has 1 saturated carbocycles. The van der Waals surface area contributed by atoms with E-state index >= 15 is 4.39 Å². The maximum Gasteiger partial charge on any atom is 0.320 e. The lowest BCUT2D eigenvalue weighted by Crippen LogP contribution is -2.55. The average Bonchev–Trinajstić information content (AvgIpc) is 3.57. The quantitative estimate of drug-likeness (QED) is 0.0788. The van der Waals surface area contributed by atoms with Crippen molar-refractivity contribution in [3.8, 4) is 35.9 Å². The smallest absolute Gasteiger partial charge is 0.320 e. The molecule has 0 spiro atoms. The monoisotopic (exact) mass is 794 g/mol. The fraction of sp³-hybridized carbons (Fsp3) is 0.585. The maximum atomic E-state index is 15.2. The van der Waals surface area contributed by atoms with Crippen LogP contribution in [-0.2, 0) is 9.16 Å². The Morgan fingerprint density at radius 3 is 2.46 bits per heavy atom. The number of piperidine rings is 1. The number of benzene rings is 2. The first-order chi connectivity index (χ1) is 26.4. The van der Waals surface area contributed by atoms with Gasteiger partial charge in [-0.2, -0.15) is 15.0 Å². The van der Waals surface area contributed by atoms with Gasteiger partial charge >= 0.3 is 12.0 Å². The minimum absolute atomic E-state index is 0.0129. The number of anilines is 1. The zero-order chi connectivity index (χ0) is 40.2. The van der Waals surface area contributed by atoms with Gasteiger partial charge in [-0.25, -0.2) is 13.2 Å². The van der Waals surface area contributed by atoms with Crippen molar-refractivity contribution in [3.63, 3.8) is 0 Å². The SMILES string of the molecule is C#Cc1c(F)ccc2cc(OCOC)cc(Oc3nc4nc(OC[C@@H]5CC(F)(F)CN5C)nc(N5CCC[C@@](C)(O[Si-](C)(C)C(C)(C)C)C5)c4n3C3CCC3)c12. The van der Waals surface area contributed by atoms with Crippen molar-refractivity contribution < 1.29 is 36.5 Å². The van der Waals surface area contributed by atoms with Gasteiger partial charge in [0.1, 0.15) is 29.4 Å². The van der Waals surface area contributed by atoms with E-state index < -0.39 is 31.7 Å². The Hall–Kier alpha value is -4.10. The highest BCUT2D eigenvalue weighted by Gasteiger charge is 2.44. The van der Waals surface area contributed by atoms with Gasteiger partial charge in [-0.15, -0.1) is 24.6 Å². The van der Waals surface area contributed by atoms with Crippen LogP contribution < -0.4 is 19.1 Å². The van der Waals surface area contributed by atoms with Crippen LogP contribution in [0, 0.1) is 18.2 Å². The van der Waals surface area contributed by atoms with E-state index in [0.29, 0.717) is 46.6 Å². The number of alkyl halides is 2. The zero-order valence-corrected chi connectivity index (χ0v) is 34.7. The van der Waals surface area contributed by atoms with Crippen LogP contribution in [0.3, 0.4) is 0 Å². The van der Waals surface area contributed by atoms with Crippen LogP contribution in [0.4, 0.5) is 19.0 Å². The summed E-state index contributed by atoms with van der Waals surface area (Å²) in [5.41, 5.74) is 0.581. The summed E-state index contributed by atoms with van der Waals surface area (Å²) >= 11 is 0. The van der Waals surface area contributed by atoms with E-state index in [1.807, 2.05) is 4.57 Å².